The number of ether oxygens (including phenoxy) is 1. The van der Waals surface area contributed by atoms with Gasteiger partial charge >= 0.3 is 0 Å². The maximum atomic E-state index is 13.6. The molecule has 5 nitrogen and oxygen atoms in total. The molecule has 0 saturated heterocycles. The number of benzene rings is 2. The molecule has 0 spiro atoms. The van der Waals surface area contributed by atoms with Gasteiger partial charge < -0.3 is 9.64 Å². The lowest BCUT2D eigenvalue weighted by Crippen LogP contribution is -2.28. The van der Waals surface area contributed by atoms with Crippen LogP contribution in [0.1, 0.15) is 18.1 Å². The molecule has 0 amide bonds. The third-order valence-corrected chi connectivity index (χ3v) is 5.23. The van der Waals surface area contributed by atoms with Gasteiger partial charge in [0.2, 0.25) is 10.0 Å². The number of halogens is 1. The molecule has 1 atom stereocenters. The molecule has 2 aromatic carbocycles. The average Bonchev–Trinajstić information content (AvgIpc) is 2.82. The number of hydrogen-bond donors (Lipinski definition) is 1. The van der Waals surface area contributed by atoms with Gasteiger partial charge in [-0.3, -0.25) is 0 Å². The molecule has 24 heavy (non-hydrogen) atoms. The molecule has 2 aromatic rings. The summed E-state index contributed by atoms with van der Waals surface area (Å²) in [4.78, 5) is 2.22. The van der Waals surface area contributed by atoms with Crippen molar-refractivity contribution in [3.63, 3.8) is 0 Å². The molecule has 7 heteroatoms. The van der Waals surface area contributed by atoms with Crippen molar-refractivity contribution in [3.8, 4) is 5.75 Å². The molecule has 1 aliphatic heterocycles. The van der Waals surface area contributed by atoms with E-state index in [1.807, 2.05) is 6.92 Å². The first-order valence-corrected chi connectivity index (χ1v) is 9.09. The predicted octanol–water partition coefficient (Wildman–Crippen LogP) is 2.43. The number of hydrogen-bond acceptors (Lipinski definition) is 4. The maximum absolute atomic E-state index is 13.6. The summed E-state index contributed by atoms with van der Waals surface area (Å²) in [6.07, 6.45) is 0.705. The highest BCUT2D eigenvalue weighted by Crippen LogP contribution is 2.36. The lowest BCUT2D eigenvalue weighted by atomic mass is 10.1. The van der Waals surface area contributed by atoms with Crippen molar-refractivity contribution >= 4 is 15.7 Å². The molecule has 0 aliphatic carbocycles. The molecule has 0 saturated carbocycles. The summed E-state index contributed by atoms with van der Waals surface area (Å²) >= 11 is 0. The molecule has 1 unspecified atom stereocenters. The van der Waals surface area contributed by atoms with Crippen LogP contribution in [0.5, 0.6) is 5.75 Å². The minimum Gasteiger partial charge on any atom is -0.496 e. The fourth-order valence-electron chi connectivity index (χ4n) is 3.14. The number of nitrogens with zero attached hydrogens (tertiary/aromatic N) is 1. The van der Waals surface area contributed by atoms with Gasteiger partial charge in [-0.25, -0.2) is 17.9 Å². The van der Waals surface area contributed by atoms with Gasteiger partial charge in [0.25, 0.3) is 0 Å². The van der Waals surface area contributed by atoms with Crippen LogP contribution in [0.4, 0.5) is 10.1 Å². The van der Waals surface area contributed by atoms with Crippen LogP contribution in [0.2, 0.25) is 0 Å². The van der Waals surface area contributed by atoms with E-state index in [0.29, 0.717) is 18.7 Å². The maximum Gasteiger partial charge on any atom is 0.238 e. The summed E-state index contributed by atoms with van der Waals surface area (Å²) in [6.45, 7) is 2.52. The molecule has 0 radical (unpaired) electrons. The second-order valence-corrected chi connectivity index (χ2v) is 7.53. The molecule has 2 N–H and O–H groups in total. The van der Waals surface area contributed by atoms with Crippen LogP contribution >= 0.6 is 0 Å². The van der Waals surface area contributed by atoms with Crippen LogP contribution in [-0.2, 0) is 23.0 Å². The largest absolute Gasteiger partial charge is 0.496 e. The van der Waals surface area contributed by atoms with Gasteiger partial charge in [-0.05, 0) is 55.3 Å². The van der Waals surface area contributed by atoms with Crippen molar-refractivity contribution in [2.24, 2.45) is 5.14 Å². The third-order valence-electron chi connectivity index (χ3n) is 4.32. The normalized spacial score (nSPS) is 17.0. The van der Waals surface area contributed by atoms with Gasteiger partial charge in [-0.2, -0.15) is 0 Å². The highest BCUT2D eigenvalue weighted by molar-refractivity contribution is 7.89. The third kappa shape index (κ3) is 3.09. The van der Waals surface area contributed by atoms with E-state index in [2.05, 4.69) is 4.90 Å². The highest BCUT2D eigenvalue weighted by Gasteiger charge is 2.28. The zero-order valence-electron chi connectivity index (χ0n) is 13.5. The molecule has 0 fully saturated rings. The number of fused-ring (bicyclic) bond motifs is 1. The Morgan fingerprint density at radius 2 is 2.04 bits per heavy atom. The van der Waals surface area contributed by atoms with E-state index in [4.69, 9.17) is 9.88 Å². The first-order chi connectivity index (χ1) is 11.3. The van der Waals surface area contributed by atoms with Crippen LogP contribution in [0.3, 0.4) is 0 Å². The quantitative estimate of drug-likeness (QED) is 0.919. The molecule has 3 rings (SSSR count). The van der Waals surface area contributed by atoms with Crippen molar-refractivity contribution < 1.29 is 17.5 Å². The van der Waals surface area contributed by atoms with E-state index in [1.54, 1.807) is 25.3 Å². The number of nitrogens with two attached hydrogens (primary N) is 1. The van der Waals surface area contributed by atoms with E-state index < -0.39 is 10.0 Å². The highest BCUT2D eigenvalue weighted by atomic mass is 32.2. The fourth-order valence-corrected chi connectivity index (χ4v) is 3.71. The van der Waals surface area contributed by atoms with E-state index in [9.17, 15) is 12.8 Å². The average molecular weight is 350 g/mol. The topological polar surface area (TPSA) is 72.6 Å². The van der Waals surface area contributed by atoms with E-state index in [0.717, 1.165) is 16.8 Å². The van der Waals surface area contributed by atoms with E-state index >= 15 is 0 Å². The van der Waals surface area contributed by atoms with Crippen molar-refractivity contribution in [2.45, 2.75) is 30.8 Å². The van der Waals surface area contributed by atoms with Crippen molar-refractivity contribution in [3.05, 3.63) is 53.3 Å². The van der Waals surface area contributed by atoms with Crippen LogP contribution in [0, 0.1) is 5.82 Å². The number of methoxy groups -OCH3 is 1. The van der Waals surface area contributed by atoms with Crippen LogP contribution in [0.25, 0.3) is 0 Å². The summed E-state index contributed by atoms with van der Waals surface area (Å²) in [5, 5.41) is 5.20. The Morgan fingerprint density at radius 3 is 2.71 bits per heavy atom. The summed E-state index contributed by atoms with van der Waals surface area (Å²) in [6, 6.07) is 9.46. The zero-order valence-corrected chi connectivity index (χ0v) is 14.3. The van der Waals surface area contributed by atoms with Gasteiger partial charge in [0.15, 0.2) is 0 Å². The van der Waals surface area contributed by atoms with Crippen molar-refractivity contribution in [2.75, 3.05) is 12.0 Å². The van der Waals surface area contributed by atoms with E-state index in [1.165, 1.54) is 18.2 Å². The lowest BCUT2D eigenvalue weighted by molar-refractivity contribution is 0.407. The standard InChI is InChI=1S/C17H19FN2O3S/c1-11-7-12-9-15(24(19,21)22)4-5-16(12)20(11)10-13-8-14(18)3-6-17(13)23-2/h3-6,8-9,11H,7,10H2,1-2H3,(H2,19,21,22). The second kappa shape index (κ2) is 6.07. The van der Waals surface area contributed by atoms with E-state index in [-0.39, 0.29) is 16.8 Å². The Labute approximate surface area is 140 Å². The SMILES string of the molecule is COc1ccc(F)cc1CN1c2ccc(S(N)(=O)=O)cc2CC1C. The Balaban J connectivity index is 1.96. The summed E-state index contributed by atoms with van der Waals surface area (Å²) < 4.78 is 41.9. The number of primary sulfonamides is 1. The van der Waals surface area contributed by atoms with Crippen molar-refractivity contribution in [1.82, 2.24) is 0 Å². The van der Waals surface area contributed by atoms with Gasteiger partial charge in [-0.1, -0.05) is 0 Å². The first-order valence-electron chi connectivity index (χ1n) is 7.54. The summed E-state index contributed by atoms with van der Waals surface area (Å²) in [7, 11) is -2.17. The molecule has 1 heterocycles. The Hall–Kier alpha value is -2.12. The molecular formula is C17H19FN2O3S. The van der Waals surface area contributed by atoms with Crippen LogP contribution < -0.4 is 14.8 Å². The van der Waals surface area contributed by atoms with Crippen molar-refractivity contribution in [1.29, 1.82) is 0 Å². The molecular weight excluding hydrogens is 331 g/mol. The summed E-state index contributed by atoms with van der Waals surface area (Å²) in [5.41, 5.74) is 2.60. The second-order valence-electron chi connectivity index (χ2n) is 5.97. The Bertz CT molecular complexity index is 883. The molecule has 0 bridgehead atoms. The monoisotopic (exact) mass is 350 g/mol. The van der Waals surface area contributed by atoms with Gasteiger partial charge in [0.1, 0.15) is 11.6 Å². The number of sulfonamides is 1. The first kappa shape index (κ1) is 16.7. The minimum absolute atomic E-state index is 0.110. The van der Waals surface area contributed by atoms with Gasteiger partial charge in [0, 0.05) is 23.8 Å². The fraction of sp³-hybridized carbons (Fsp3) is 0.294. The summed E-state index contributed by atoms with van der Waals surface area (Å²) in [5.74, 6) is 0.306. The smallest absolute Gasteiger partial charge is 0.238 e. The predicted molar refractivity (Wildman–Crippen MR) is 90.1 cm³/mol. The van der Waals surface area contributed by atoms with Gasteiger partial charge in [0.05, 0.1) is 12.0 Å². The molecule has 1 aliphatic rings. The zero-order chi connectivity index (χ0) is 17.5. The Morgan fingerprint density at radius 1 is 1.29 bits per heavy atom. The molecule has 0 aromatic heterocycles. The van der Waals surface area contributed by atoms with Gasteiger partial charge in [-0.15, -0.1) is 0 Å². The molecule has 128 valence electrons. The van der Waals surface area contributed by atoms with Crippen LogP contribution in [0.15, 0.2) is 41.3 Å². The minimum atomic E-state index is -3.72. The Kier molecular flexibility index (Phi) is 4.23. The number of anilines is 1. The number of rotatable bonds is 4. The van der Waals surface area contributed by atoms with Crippen LogP contribution in [-0.4, -0.2) is 21.6 Å². The lowest BCUT2D eigenvalue weighted by Gasteiger charge is -2.26.